The van der Waals surface area contributed by atoms with Crippen molar-refractivity contribution in [3.05, 3.63) is 0 Å². The minimum Gasteiger partial charge on any atom is -0.356 e. The second kappa shape index (κ2) is 15.7. The van der Waals surface area contributed by atoms with Crippen molar-refractivity contribution in [3.8, 4) is 0 Å². The van der Waals surface area contributed by atoms with Gasteiger partial charge in [0.05, 0.1) is 0 Å². The van der Waals surface area contributed by atoms with Gasteiger partial charge in [-0.3, -0.25) is 0 Å². The second-order valence-corrected chi connectivity index (χ2v) is 1.10. The van der Waals surface area contributed by atoms with Crippen molar-refractivity contribution in [1.29, 1.82) is 0 Å². The van der Waals surface area contributed by atoms with Gasteiger partial charge in [-0.15, -0.1) is 0 Å². The fourth-order valence-electron chi connectivity index (χ4n) is 0.226. The lowest BCUT2D eigenvalue weighted by atomic mass is 10.9. The standard InChI is InChI=1S/C5H12O2.C2H6/c1-3-6-5-7-4-2;1-2/h3-5H2,1-2H3;1-2H3. The Bertz CT molecular complexity index is 26.1. The van der Waals surface area contributed by atoms with E-state index in [1.807, 2.05) is 27.7 Å². The molecule has 0 atom stereocenters. The molecule has 0 radical (unpaired) electrons. The number of ether oxygens (including phenoxy) is 2. The van der Waals surface area contributed by atoms with E-state index in [0.717, 1.165) is 13.2 Å². The molecule has 2 nitrogen and oxygen atoms in total. The van der Waals surface area contributed by atoms with Gasteiger partial charge in [0.2, 0.25) is 0 Å². The van der Waals surface area contributed by atoms with Crippen molar-refractivity contribution in [2.75, 3.05) is 20.0 Å². The van der Waals surface area contributed by atoms with Gasteiger partial charge >= 0.3 is 0 Å². The molecule has 0 aliphatic carbocycles. The highest BCUT2D eigenvalue weighted by Gasteiger charge is 1.76. The van der Waals surface area contributed by atoms with Crippen LogP contribution in [-0.4, -0.2) is 20.0 Å². The topological polar surface area (TPSA) is 18.5 Å². The molecule has 0 saturated heterocycles. The normalized spacial score (nSPS) is 8.00. The van der Waals surface area contributed by atoms with E-state index in [1.54, 1.807) is 0 Å². The lowest BCUT2D eigenvalue weighted by Crippen LogP contribution is -1.97. The van der Waals surface area contributed by atoms with Crippen LogP contribution < -0.4 is 0 Å². The Hall–Kier alpha value is -0.0800. The highest BCUT2D eigenvalue weighted by molar-refractivity contribution is 4.08. The van der Waals surface area contributed by atoms with Crippen molar-refractivity contribution >= 4 is 0 Å². The molecule has 2 heteroatoms. The van der Waals surface area contributed by atoms with E-state index in [-0.39, 0.29) is 0 Å². The van der Waals surface area contributed by atoms with Crippen LogP contribution in [0.4, 0.5) is 0 Å². The van der Waals surface area contributed by atoms with E-state index in [9.17, 15) is 0 Å². The lowest BCUT2D eigenvalue weighted by molar-refractivity contribution is -0.0445. The maximum Gasteiger partial charge on any atom is 0.146 e. The minimum atomic E-state index is 0.438. The predicted octanol–water partition coefficient (Wildman–Crippen LogP) is 2.04. The summed E-state index contributed by atoms with van der Waals surface area (Å²) in [5.74, 6) is 0. The smallest absolute Gasteiger partial charge is 0.146 e. The molecule has 0 aromatic heterocycles. The van der Waals surface area contributed by atoms with Crippen LogP contribution in [0.3, 0.4) is 0 Å². The summed E-state index contributed by atoms with van der Waals surface area (Å²) >= 11 is 0. The Morgan fingerprint density at radius 2 is 1.22 bits per heavy atom. The fourth-order valence-corrected chi connectivity index (χ4v) is 0.226. The first-order valence-electron chi connectivity index (χ1n) is 3.57. The molecule has 0 unspecified atom stereocenters. The average Bonchev–Trinajstić information content (AvgIpc) is 1.94. The van der Waals surface area contributed by atoms with Gasteiger partial charge in [-0.1, -0.05) is 13.8 Å². The monoisotopic (exact) mass is 134 g/mol. The van der Waals surface area contributed by atoms with Crippen LogP contribution in [0.15, 0.2) is 0 Å². The predicted molar refractivity (Wildman–Crippen MR) is 39.5 cm³/mol. The van der Waals surface area contributed by atoms with Gasteiger partial charge in [-0.2, -0.15) is 0 Å². The molecule has 0 aromatic rings. The van der Waals surface area contributed by atoms with Crippen LogP contribution in [-0.2, 0) is 9.47 Å². The highest BCUT2D eigenvalue weighted by Crippen LogP contribution is 1.74. The molecule has 0 N–H and O–H groups in total. The first-order valence-corrected chi connectivity index (χ1v) is 3.57. The third-order valence-electron chi connectivity index (χ3n) is 0.575. The lowest BCUT2D eigenvalue weighted by Gasteiger charge is -1.97. The molecule has 0 aliphatic heterocycles. The quantitative estimate of drug-likeness (QED) is 0.432. The summed E-state index contributed by atoms with van der Waals surface area (Å²) in [5, 5.41) is 0. The third-order valence-corrected chi connectivity index (χ3v) is 0.575. The molecule has 9 heavy (non-hydrogen) atoms. The van der Waals surface area contributed by atoms with Gasteiger partial charge in [0, 0.05) is 13.2 Å². The molecular weight excluding hydrogens is 116 g/mol. The van der Waals surface area contributed by atoms with E-state index in [4.69, 9.17) is 9.47 Å². The van der Waals surface area contributed by atoms with E-state index in [1.165, 1.54) is 0 Å². The van der Waals surface area contributed by atoms with E-state index >= 15 is 0 Å². The van der Waals surface area contributed by atoms with Gasteiger partial charge in [-0.05, 0) is 13.8 Å². The molecule has 0 spiro atoms. The zero-order valence-corrected chi connectivity index (χ0v) is 6.94. The number of hydrogen-bond acceptors (Lipinski definition) is 2. The summed E-state index contributed by atoms with van der Waals surface area (Å²) in [6, 6.07) is 0. The molecule has 0 bridgehead atoms. The SMILES string of the molecule is CC.CCOCOCC. The van der Waals surface area contributed by atoms with E-state index in [0.29, 0.717) is 6.79 Å². The van der Waals surface area contributed by atoms with Crippen LogP contribution in [0.5, 0.6) is 0 Å². The molecular formula is C7H18O2. The average molecular weight is 134 g/mol. The fraction of sp³-hybridized carbons (Fsp3) is 1.00. The Balaban J connectivity index is 0. The van der Waals surface area contributed by atoms with Crippen LogP contribution in [0.2, 0.25) is 0 Å². The summed E-state index contributed by atoms with van der Waals surface area (Å²) < 4.78 is 9.70. The summed E-state index contributed by atoms with van der Waals surface area (Å²) in [4.78, 5) is 0. The van der Waals surface area contributed by atoms with E-state index in [2.05, 4.69) is 0 Å². The Morgan fingerprint density at radius 3 is 1.44 bits per heavy atom. The minimum absolute atomic E-state index is 0.438. The van der Waals surface area contributed by atoms with Crippen molar-refractivity contribution in [2.24, 2.45) is 0 Å². The van der Waals surface area contributed by atoms with Crippen LogP contribution in [0, 0.1) is 0 Å². The van der Waals surface area contributed by atoms with Crippen molar-refractivity contribution in [3.63, 3.8) is 0 Å². The Kier molecular flexibility index (Phi) is 20.3. The maximum absolute atomic E-state index is 4.85. The van der Waals surface area contributed by atoms with Crippen LogP contribution in [0.25, 0.3) is 0 Å². The third kappa shape index (κ3) is 18.1. The summed E-state index contributed by atoms with van der Waals surface area (Å²) in [6.45, 7) is 9.80. The first kappa shape index (κ1) is 11.7. The summed E-state index contributed by atoms with van der Waals surface area (Å²) in [6.07, 6.45) is 0. The van der Waals surface area contributed by atoms with Gasteiger partial charge in [0.15, 0.2) is 0 Å². The first-order chi connectivity index (χ1) is 4.41. The van der Waals surface area contributed by atoms with Crippen LogP contribution >= 0.6 is 0 Å². The number of rotatable bonds is 4. The number of hydrogen-bond donors (Lipinski definition) is 0. The highest BCUT2D eigenvalue weighted by atomic mass is 16.7. The molecule has 0 saturated carbocycles. The zero-order chi connectivity index (χ0) is 7.54. The second-order valence-electron chi connectivity index (χ2n) is 1.10. The molecule has 0 heterocycles. The van der Waals surface area contributed by atoms with E-state index < -0.39 is 0 Å². The molecule has 58 valence electrons. The van der Waals surface area contributed by atoms with Crippen molar-refractivity contribution in [1.82, 2.24) is 0 Å². The van der Waals surface area contributed by atoms with Crippen LogP contribution in [0.1, 0.15) is 27.7 Å². The van der Waals surface area contributed by atoms with Crippen molar-refractivity contribution in [2.45, 2.75) is 27.7 Å². The van der Waals surface area contributed by atoms with Gasteiger partial charge in [0.1, 0.15) is 6.79 Å². The van der Waals surface area contributed by atoms with Gasteiger partial charge < -0.3 is 9.47 Å². The van der Waals surface area contributed by atoms with Crippen molar-refractivity contribution < 1.29 is 9.47 Å². The Labute approximate surface area is 58.2 Å². The largest absolute Gasteiger partial charge is 0.356 e. The molecule has 0 fully saturated rings. The van der Waals surface area contributed by atoms with Gasteiger partial charge in [-0.25, -0.2) is 0 Å². The molecule has 0 aliphatic rings. The summed E-state index contributed by atoms with van der Waals surface area (Å²) in [5.41, 5.74) is 0. The molecule has 0 amide bonds. The molecule has 0 aromatic carbocycles. The van der Waals surface area contributed by atoms with Gasteiger partial charge in [0.25, 0.3) is 0 Å². The zero-order valence-electron chi connectivity index (χ0n) is 6.94. The molecule has 0 rings (SSSR count). The summed E-state index contributed by atoms with van der Waals surface area (Å²) in [7, 11) is 0. The maximum atomic E-state index is 4.85. The Morgan fingerprint density at radius 1 is 0.889 bits per heavy atom.